The molecule has 1 amide bonds. The third kappa shape index (κ3) is 4.84. The molecule has 4 rings (SSSR count). The minimum absolute atomic E-state index is 0.127. The van der Waals surface area contributed by atoms with Gasteiger partial charge in [-0.1, -0.05) is 42.8 Å². The Bertz CT molecular complexity index is 1010. The van der Waals surface area contributed by atoms with Gasteiger partial charge < -0.3 is 5.32 Å². The van der Waals surface area contributed by atoms with E-state index in [1.54, 1.807) is 29.4 Å². The Morgan fingerprint density at radius 3 is 2.23 bits per heavy atom. The average molecular weight is 442 g/mol. The van der Waals surface area contributed by atoms with Gasteiger partial charge in [-0.15, -0.1) is 0 Å². The van der Waals surface area contributed by atoms with Crippen LogP contribution in [0.25, 0.3) is 0 Å². The van der Waals surface area contributed by atoms with Crippen molar-refractivity contribution in [1.29, 1.82) is 0 Å². The summed E-state index contributed by atoms with van der Waals surface area (Å²) in [5.74, 6) is -0.127. The molecular weight excluding hydrogens is 410 g/mol. The zero-order valence-corrected chi connectivity index (χ0v) is 18.9. The average Bonchev–Trinajstić information content (AvgIpc) is 3.31. The first kappa shape index (κ1) is 22.0. The van der Waals surface area contributed by atoms with Crippen LogP contribution in [-0.4, -0.2) is 49.7 Å². The fraction of sp³-hybridized carbons (Fsp3) is 0.458. The van der Waals surface area contributed by atoms with Gasteiger partial charge in [0.25, 0.3) is 0 Å². The van der Waals surface area contributed by atoms with Gasteiger partial charge in [-0.25, -0.2) is 8.42 Å². The number of aryl methyl sites for hydroxylation is 1. The number of benzene rings is 2. The van der Waals surface area contributed by atoms with Crippen molar-refractivity contribution in [2.24, 2.45) is 0 Å². The van der Waals surface area contributed by atoms with Gasteiger partial charge >= 0.3 is 0 Å². The Morgan fingerprint density at radius 2 is 1.55 bits per heavy atom. The van der Waals surface area contributed by atoms with Crippen LogP contribution in [0.15, 0.2) is 53.4 Å². The molecule has 2 fully saturated rings. The lowest BCUT2D eigenvalue weighted by molar-refractivity contribution is -0.121. The van der Waals surface area contributed by atoms with Crippen molar-refractivity contribution >= 4 is 21.6 Å². The molecular formula is C24H31N3O3S. The van der Waals surface area contributed by atoms with Crippen LogP contribution in [-0.2, 0) is 14.8 Å². The van der Waals surface area contributed by atoms with Crippen LogP contribution in [0.5, 0.6) is 0 Å². The summed E-state index contributed by atoms with van der Waals surface area (Å²) >= 11 is 0. The third-order valence-corrected chi connectivity index (χ3v) is 8.30. The van der Waals surface area contributed by atoms with Crippen LogP contribution in [0.1, 0.15) is 49.3 Å². The van der Waals surface area contributed by atoms with Crippen molar-refractivity contribution in [2.45, 2.75) is 50.0 Å². The van der Waals surface area contributed by atoms with E-state index in [1.165, 1.54) is 0 Å². The van der Waals surface area contributed by atoms with E-state index in [-0.39, 0.29) is 16.8 Å². The van der Waals surface area contributed by atoms with E-state index in [4.69, 9.17) is 0 Å². The molecule has 0 radical (unpaired) electrons. The quantitative estimate of drug-likeness (QED) is 0.737. The van der Waals surface area contributed by atoms with Crippen molar-refractivity contribution in [3.8, 4) is 0 Å². The Kier molecular flexibility index (Phi) is 6.74. The minimum Gasteiger partial charge on any atom is -0.324 e. The first-order valence-electron chi connectivity index (χ1n) is 11.2. The highest BCUT2D eigenvalue weighted by atomic mass is 32.2. The predicted octanol–water partition coefficient (Wildman–Crippen LogP) is 3.95. The molecule has 1 unspecified atom stereocenters. The molecule has 2 aliphatic heterocycles. The molecule has 2 aliphatic rings. The normalized spacial score (nSPS) is 19.3. The molecule has 0 spiro atoms. The van der Waals surface area contributed by atoms with Gasteiger partial charge in [-0.2, -0.15) is 4.31 Å². The lowest BCUT2D eigenvalue weighted by Crippen LogP contribution is -2.36. The van der Waals surface area contributed by atoms with E-state index in [9.17, 15) is 13.2 Å². The molecule has 6 nitrogen and oxygen atoms in total. The second-order valence-electron chi connectivity index (χ2n) is 8.49. The number of anilines is 1. The second kappa shape index (κ2) is 9.51. The number of piperidine rings is 1. The largest absolute Gasteiger partial charge is 0.324 e. The number of likely N-dealkylation sites (tertiary alicyclic amines) is 1. The Morgan fingerprint density at radius 1 is 0.903 bits per heavy atom. The smallest absolute Gasteiger partial charge is 0.246 e. The number of rotatable bonds is 6. The van der Waals surface area contributed by atoms with E-state index in [0.29, 0.717) is 24.3 Å². The van der Waals surface area contributed by atoms with E-state index >= 15 is 0 Å². The molecule has 7 heteroatoms. The number of sulfonamides is 1. The summed E-state index contributed by atoms with van der Waals surface area (Å²) in [7, 11) is -3.57. The Balaban J connectivity index is 1.59. The van der Waals surface area contributed by atoms with Crippen molar-refractivity contribution in [1.82, 2.24) is 9.21 Å². The fourth-order valence-electron chi connectivity index (χ4n) is 4.57. The third-order valence-electron chi connectivity index (χ3n) is 6.26. The highest BCUT2D eigenvalue weighted by Gasteiger charge is 2.31. The summed E-state index contributed by atoms with van der Waals surface area (Å²) in [6.45, 7) is 4.69. The molecule has 2 aromatic rings. The zero-order chi connectivity index (χ0) is 21.8. The zero-order valence-electron chi connectivity index (χ0n) is 18.1. The van der Waals surface area contributed by atoms with Gasteiger partial charge in [-0.3, -0.25) is 9.69 Å². The van der Waals surface area contributed by atoms with Crippen LogP contribution in [0.4, 0.5) is 5.69 Å². The fourth-order valence-corrected chi connectivity index (χ4v) is 6.34. The topological polar surface area (TPSA) is 69.7 Å². The summed E-state index contributed by atoms with van der Waals surface area (Å²) in [4.78, 5) is 15.8. The van der Waals surface area contributed by atoms with Gasteiger partial charge in [0.15, 0.2) is 0 Å². The number of nitrogens with zero attached hydrogens (tertiary/aromatic N) is 2. The molecule has 0 bridgehead atoms. The molecule has 31 heavy (non-hydrogen) atoms. The number of carbonyl (C=O) groups excluding carboxylic acids is 1. The predicted molar refractivity (Wildman–Crippen MR) is 122 cm³/mol. The van der Waals surface area contributed by atoms with Gasteiger partial charge in [0.2, 0.25) is 15.9 Å². The van der Waals surface area contributed by atoms with Gasteiger partial charge in [0, 0.05) is 18.8 Å². The summed E-state index contributed by atoms with van der Waals surface area (Å²) in [6, 6.07) is 14.6. The highest BCUT2D eigenvalue weighted by Crippen LogP contribution is 2.29. The second-order valence-corrected chi connectivity index (χ2v) is 10.4. The maximum absolute atomic E-state index is 13.3. The molecule has 0 saturated carbocycles. The maximum atomic E-state index is 13.3. The number of nitrogens with one attached hydrogen (secondary N) is 1. The van der Waals surface area contributed by atoms with Crippen molar-refractivity contribution in [3.05, 3.63) is 59.7 Å². The SMILES string of the molecule is Cc1ccc(NC(=O)C(c2ccccc2)N2CCCC2)cc1S(=O)(=O)N1CCCCC1. The maximum Gasteiger partial charge on any atom is 0.246 e. The summed E-state index contributed by atoms with van der Waals surface area (Å²) < 4.78 is 28.0. The van der Waals surface area contributed by atoms with Crippen LogP contribution in [0.2, 0.25) is 0 Å². The monoisotopic (exact) mass is 441 g/mol. The van der Waals surface area contributed by atoms with Crippen LogP contribution < -0.4 is 5.32 Å². The Labute approximate surface area is 185 Å². The molecule has 2 saturated heterocycles. The molecule has 2 heterocycles. The number of hydrogen-bond acceptors (Lipinski definition) is 4. The number of carbonyl (C=O) groups is 1. The molecule has 0 aromatic heterocycles. The lowest BCUT2D eigenvalue weighted by Gasteiger charge is -2.28. The number of amides is 1. The first-order valence-corrected chi connectivity index (χ1v) is 12.6. The van der Waals surface area contributed by atoms with Crippen LogP contribution in [0.3, 0.4) is 0 Å². The first-order chi connectivity index (χ1) is 15.0. The lowest BCUT2D eigenvalue weighted by atomic mass is 10.0. The van der Waals surface area contributed by atoms with E-state index in [1.807, 2.05) is 30.3 Å². The number of hydrogen-bond donors (Lipinski definition) is 1. The molecule has 1 atom stereocenters. The van der Waals surface area contributed by atoms with Gasteiger partial charge in [-0.05, 0) is 69.0 Å². The highest BCUT2D eigenvalue weighted by molar-refractivity contribution is 7.89. The minimum atomic E-state index is -3.57. The summed E-state index contributed by atoms with van der Waals surface area (Å²) in [5.41, 5.74) is 2.17. The molecule has 1 N–H and O–H groups in total. The molecule has 166 valence electrons. The van der Waals surface area contributed by atoms with E-state index < -0.39 is 10.0 Å². The molecule has 2 aromatic carbocycles. The Hall–Kier alpha value is -2.22. The summed E-state index contributed by atoms with van der Waals surface area (Å²) in [5, 5.41) is 3.00. The van der Waals surface area contributed by atoms with Crippen molar-refractivity contribution < 1.29 is 13.2 Å². The standard InChI is InChI=1S/C24H31N3O3S/c1-19-12-13-21(18-22(19)31(29,30)27-16-6-3-7-17-27)25-24(28)23(26-14-8-9-15-26)20-10-4-2-5-11-20/h2,4-5,10-13,18,23H,3,6-9,14-17H2,1H3,(H,25,28). The van der Waals surface area contributed by atoms with Gasteiger partial charge in [0.1, 0.15) is 6.04 Å². The van der Waals surface area contributed by atoms with Crippen molar-refractivity contribution in [2.75, 3.05) is 31.5 Å². The van der Waals surface area contributed by atoms with E-state index in [0.717, 1.165) is 50.8 Å². The van der Waals surface area contributed by atoms with Crippen LogP contribution >= 0.6 is 0 Å². The van der Waals surface area contributed by atoms with E-state index in [2.05, 4.69) is 10.2 Å². The van der Waals surface area contributed by atoms with Gasteiger partial charge in [0.05, 0.1) is 4.90 Å². The van der Waals surface area contributed by atoms with Crippen LogP contribution in [0, 0.1) is 6.92 Å². The van der Waals surface area contributed by atoms with Crippen molar-refractivity contribution in [3.63, 3.8) is 0 Å². The molecule has 0 aliphatic carbocycles. The summed E-state index contributed by atoms with van der Waals surface area (Å²) in [6.07, 6.45) is 5.02.